The first kappa shape index (κ1) is 14.4. The lowest BCUT2D eigenvalue weighted by Gasteiger charge is -2.10. The molecule has 0 aliphatic heterocycles. The number of amides is 1. The molecule has 0 rings (SSSR count). The van der Waals surface area contributed by atoms with Crippen LogP contribution in [0.25, 0.3) is 0 Å². The molecule has 0 aromatic carbocycles. The van der Waals surface area contributed by atoms with Gasteiger partial charge in [-0.2, -0.15) is 0 Å². The quantitative estimate of drug-likeness (QED) is 0.582. The molecular formula is C11H25N3O. The van der Waals surface area contributed by atoms with E-state index in [1.54, 1.807) is 0 Å². The van der Waals surface area contributed by atoms with E-state index in [9.17, 15) is 4.79 Å². The fraction of sp³-hybridized carbons (Fsp3) is 0.909. The van der Waals surface area contributed by atoms with E-state index in [-0.39, 0.29) is 11.9 Å². The van der Waals surface area contributed by atoms with Crippen LogP contribution < -0.4 is 11.1 Å². The van der Waals surface area contributed by atoms with Crippen LogP contribution >= 0.6 is 0 Å². The van der Waals surface area contributed by atoms with Crippen molar-refractivity contribution in [1.29, 1.82) is 0 Å². The largest absolute Gasteiger partial charge is 0.356 e. The van der Waals surface area contributed by atoms with Crippen LogP contribution in [0.5, 0.6) is 0 Å². The first-order chi connectivity index (χ1) is 7.02. The summed E-state index contributed by atoms with van der Waals surface area (Å²) in [4.78, 5) is 13.4. The summed E-state index contributed by atoms with van der Waals surface area (Å²) in [6.07, 6.45) is 3.41. The molecule has 1 unspecified atom stereocenters. The number of nitrogens with two attached hydrogens (primary N) is 1. The van der Waals surface area contributed by atoms with E-state index in [1.807, 2.05) is 21.0 Å². The molecule has 1 amide bonds. The molecule has 0 aliphatic carbocycles. The Hall–Kier alpha value is -0.610. The zero-order valence-electron chi connectivity index (χ0n) is 10.3. The number of carbonyl (C=O) groups is 1. The van der Waals surface area contributed by atoms with Crippen molar-refractivity contribution in [2.45, 2.75) is 38.6 Å². The van der Waals surface area contributed by atoms with Gasteiger partial charge in [-0.1, -0.05) is 0 Å². The van der Waals surface area contributed by atoms with Crippen LogP contribution in [0.4, 0.5) is 0 Å². The van der Waals surface area contributed by atoms with E-state index in [0.717, 1.165) is 32.4 Å². The molecule has 0 bridgehead atoms. The average molecular weight is 215 g/mol. The fourth-order valence-electron chi connectivity index (χ4n) is 1.30. The standard InChI is InChI=1S/C11H25N3O/c1-10(12)6-4-7-11(15)13-8-5-9-14(2)3/h10H,4-9,12H2,1-3H3,(H,13,15). The van der Waals surface area contributed by atoms with Gasteiger partial charge in [0.15, 0.2) is 0 Å². The van der Waals surface area contributed by atoms with Crippen LogP contribution in [0.15, 0.2) is 0 Å². The van der Waals surface area contributed by atoms with Crippen LogP contribution in [0.2, 0.25) is 0 Å². The summed E-state index contributed by atoms with van der Waals surface area (Å²) in [5.74, 6) is 0.148. The molecule has 0 radical (unpaired) electrons. The van der Waals surface area contributed by atoms with Crippen LogP contribution in [0.1, 0.15) is 32.6 Å². The first-order valence-electron chi connectivity index (χ1n) is 5.69. The average Bonchev–Trinajstić information content (AvgIpc) is 2.11. The molecule has 0 saturated heterocycles. The Bertz CT molecular complexity index is 169. The molecule has 0 saturated carbocycles. The Balaban J connectivity index is 3.26. The summed E-state index contributed by atoms with van der Waals surface area (Å²) in [5.41, 5.74) is 5.60. The minimum Gasteiger partial charge on any atom is -0.356 e. The third-order valence-electron chi connectivity index (χ3n) is 2.17. The van der Waals surface area contributed by atoms with E-state index in [1.165, 1.54) is 0 Å². The van der Waals surface area contributed by atoms with Crippen LogP contribution in [0.3, 0.4) is 0 Å². The summed E-state index contributed by atoms with van der Waals surface area (Å²) < 4.78 is 0. The van der Waals surface area contributed by atoms with Crippen molar-refractivity contribution in [3.05, 3.63) is 0 Å². The van der Waals surface area contributed by atoms with Crippen molar-refractivity contribution in [2.75, 3.05) is 27.2 Å². The Labute approximate surface area is 93.2 Å². The molecule has 4 nitrogen and oxygen atoms in total. The Morgan fingerprint density at radius 1 is 1.40 bits per heavy atom. The van der Waals surface area contributed by atoms with Gasteiger partial charge in [0.2, 0.25) is 5.91 Å². The SMILES string of the molecule is CC(N)CCCC(=O)NCCCN(C)C. The Morgan fingerprint density at radius 2 is 2.07 bits per heavy atom. The number of rotatable bonds is 8. The lowest BCUT2D eigenvalue weighted by atomic mass is 10.1. The summed E-state index contributed by atoms with van der Waals surface area (Å²) in [7, 11) is 4.06. The lowest BCUT2D eigenvalue weighted by Crippen LogP contribution is -2.27. The lowest BCUT2D eigenvalue weighted by molar-refractivity contribution is -0.121. The molecular weight excluding hydrogens is 190 g/mol. The zero-order valence-corrected chi connectivity index (χ0v) is 10.3. The topological polar surface area (TPSA) is 58.4 Å². The molecule has 3 N–H and O–H groups in total. The molecule has 4 heteroatoms. The highest BCUT2D eigenvalue weighted by Gasteiger charge is 2.01. The highest BCUT2D eigenvalue weighted by Crippen LogP contribution is 1.97. The van der Waals surface area contributed by atoms with E-state index in [4.69, 9.17) is 5.73 Å². The predicted octanol–water partition coefficient (Wildman–Crippen LogP) is 0.572. The number of carbonyl (C=O) groups excluding carboxylic acids is 1. The predicted molar refractivity (Wildman–Crippen MR) is 63.7 cm³/mol. The highest BCUT2D eigenvalue weighted by molar-refractivity contribution is 5.75. The second-order valence-electron chi connectivity index (χ2n) is 4.38. The van der Waals surface area contributed by atoms with Gasteiger partial charge in [-0.3, -0.25) is 4.79 Å². The van der Waals surface area contributed by atoms with Crippen LogP contribution in [-0.4, -0.2) is 44.0 Å². The molecule has 1 atom stereocenters. The number of nitrogens with one attached hydrogen (secondary N) is 1. The van der Waals surface area contributed by atoms with Gasteiger partial charge in [-0.05, 0) is 46.8 Å². The van der Waals surface area contributed by atoms with Gasteiger partial charge in [0.05, 0.1) is 0 Å². The van der Waals surface area contributed by atoms with Gasteiger partial charge in [-0.15, -0.1) is 0 Å². The molecule has 15 heavy (non-hydrogen) atoms. The van der Waals surface area contributed by atoms with E-state index in [0.29, 0.717) is 6.42 Å². The third kappa shape index (κ3) is 11.3. The molecule has 90 valence electrons. The minimum absolute atomic E-state index is 0.148. The molecule has 0 fully saturated rings. The summed E-state index contributed by atoms with van der Waals surface area (Å²) in [6, 6.07) is 0.201. The Kier molecular flexibility index (Phi) is 8.33. The van der Waals surface area contributed by atoms with Crippen molar-refractivity contribution in [2.24, 2.45) is 5.73 Å². The Morgan fingerprint density at radius 3 is 2.60 bits per heavy atom. The minimum atomic E-state index is 0.148. The van der Waals surface area contributed by atoms with Crippen molar-refractivity contribution in [3.8, 4) is 0 Å². The smallest absolute Gasteiger partial charge is 0.219 e. The summed E-state index contributed by atoms with van der Waals surface area (Å²) in [6.45, 7) is 3.75. The number of hydrogen-bond donors (Lipinski definition) is 2. The second kappa shape index (κ2) is 8.68. The highest BCUT2D eigenvalue weighted by atomic mass is 16.1. The molecule has 0 spiro atoms. The molecule has 0 aliphatic rings. The van der Waals surface area contributed by atoms with Gasteiger partial charge < -0.3 is 16.0 Å². The van der Waals surface area contributed by atoms with Gasteiger partial charge in [0.1, 0.15) is 0 Å². The van der Waals surface area contributed by atoms with Crippen LogP contribution in [0, 0.1) is 0 Å². The van der Waals surface area contributed by atoms with E-state index >= 15 is 0 Å². The van der Waals surface area contributed by atoms with Gasteiger partial charge >= 0.3 is 0 Å². The van der Waals surface area contributed by atoms with Gasteiger partial charge in [0.25, 0.3) is 0 Å². The van der Waals surface area contributed by atoms with Crippen LogP contribution in [-0.2, 0) is 4.79 Å². The number of hydrogen-bond acceptors (Lipinski definition) is 3. The summed E-state index contributed by atoms with van der Waals surface area (Å²) >= 11 is 0. The number of nitrogens with zero attached hydrogens (tertiary/aromatic N) is 1. The maximum absolute atomic E-state index is 11.3. The zero-order chi connectivity index (χ0) is 11.7. The fourth-order valence-corrected chi connectivity index (χ4v) is 1.30. The second-order valence-corrected chi connectivity index (χ2v) is 4.38. The maximum atomic E-state index is 11.3. The first-order valence-corrected chi connectivity index (χ1v) is 5.69. The van der Waals surface area contributed by atoms with E-state index in [2.05, 4.69) is 10.2 Å². The van der Waals surface area contributed by atoms with Gasteiger partial charge in [0, 0.05) is 19.0 Å². The van der Waals surface area contributed by atoms with E-state index < -0.39 is 0 Å². The molecule has 0 heterocycles. The maximum Gasteiger partial charge on any atom is 0.219 e. The van der Waals surface area contributed by atoms with Crippen molar-refractivity contribution in [1.82, 2.24) is 10.2 Å². The van der Waals surface area contributed by atoms with Crippen molar-refractivity contribution >= 4 is 5.91 Å². The molecule has 0 aromatic heterocycles. The normalized spacial score (nSPS) is 12.9. The van der Waals surface area contributed by atoms with Crippen molar-refractivity contribution in [3.63, 3.8) is 0 Å². The monoisotopic (exact) mass is 215 g/mol. The van der Waals surface area contributed by atoms with Gasteiger partial charge in [-0.25, -0.2) is 0 Å². The third-order valence-corrected chi connectivity index (χ3v) is 2.17. The van der Waals surface area contributed by atoms with Crippen molar-refractivity contribution < 1.29 is 4.79 Å². The summed E-state index contributed by atoms with van der Waals surface area (Å²) in [5, 5.41) is 2.91. The molecule has 0 aromatic rings.